The molecule has 0 aliphatic heterocycles. The monoisotopic (exact) mass is 513 g/mol. The number of imidazole rings is 1. The van der Waals surface area contributed by atoms with Crippen LogP contribution in [0.5, 0.6) is 17.2 Å². The lowest BCUT2D eigenvalue weighted by molar-refractivity contribution is -0.145. The van der Waals surface area contributed by atoms with Gasteiger partial charge in [0.05, 0.1) is 32.4 Å². The number of nitrogens with zero attached hydrogens (tertiary/aromatic N) is 2. The van der Waals surface area contributed by atoms with Crippen LogP contribution in [-0.4, -0.2) is 36.8 Å². The predicted octanol–water partition coefficient (Wildman–Crippen LogP) is 6.03. The van der Waals surface area contributed by atoms with Crippen LogP contribution in [0.15, 0.2) is 60.7 Å². The third-order valence-corrected chi connectivity index (χ3v) is 5.84. The molecule has 1 heterocycles. The maximum Gasteiger partial charge on any atom is 0.450 e. The highest BCUT2D eigenvalue weighted by molar-refractivity contribution is 5.90. The van der Waals surface area contributed by atoms with Gasteiger partial charge in [0.1, 0.15) is 5.75 Å². The minimum absolute atomic E-state index is 0.165. The number of aromatic nitrogens is 2. The Hall–Kier alpha value is -4.21. The molecular formula is C27H26F3N3O4. The van der Waals surface area contributed by atoms with Crippen molar-refractivity contribution >= 4 is 22.6 Å². The molecule has 0 saturated carbocycles. The van der Waals surface area contributed by atoms with Gasteiger partial charge >= 0.3 is 6.18 Å². The molecule has 7 nitrogen and oxygen atoms in total. The lowest BCUT2D eigenvalue weighted by atomic mass is 10.1. The Kier molecular flexibility index (Phi) is 7.56. The van der Waals surface area contributed by atoms with Crippen molar-refractivity contribution in [1.82, 2.24) is 9.55 Å². The molecule has 0 atom stereocenters. The summed E-state index contributed by atoms with van der Waals surface area (Å²) >= 11 is 0. The molecule has 10 heteroatoms. The first-order valence-corrected chi connectivity index (χ1v) is 11.5. The van der Waals surface area contributed by atoms with E-state index in [-0.39, 0.29) is 23.5 Å². The van der Waals surface area contributed by atoms with Gasteiger partial charge in [0.25, 0.3) is 0 Å². The standard InChI is InChI=1S/C27H26F3N3O4/c1-35-20-12-13-22-21(16-20)32-26(27(28,29)30)33(22)19-10-8-18(9-11-19)31-25(34)6-4-5-17-7-14-23(36-2)24(15-17)37-3/h7-16H,4-6H2,1-3H3,(H,31,34). The highest BCUT2D eigenvalue weighted by Crippen LogP contribution is 2.35. The van der Waals surface area contributed by atoms with Gasteiger partial charge in [-0.25, -0.2) is 4.98 Å². The van der Waals surface area contributed by atoms with Crippen molar-refractivity contribution in [2.75, 3.05) is 26.6 Å². The number of alkyl halides is 3. The van der Waals surface area contributed by atoms with Crippen LogP contribution in [0.3, 0.4) is 0 Å². The fourth-order valence-corrected chi connectivity index (χ4v) is 4.05. The molecule has 0 radical (unpaired) electrons. The van der Waals surface area contributed by atoms with Gasteiger partial charge < -0.3 is 19.5 Å². The second-order valence-electron chi connectivity index (χ2n) is 8.26. The van der Waals surface area contributed by atoms with Crippen molar-refractivity contribution in [3.63, 3.8) is 0 Å². The molecule has 4 aromatic rings. The van der Waals surface area contributed by atoms with Gasteiger partial charge in [-0.3, -0.25) is 9.36 Å². The van der Waals surface area contributed by atoms with Crippen molar-refractivity contribution in [2.24, 2.45) is 0 Å². The van der Waals surface area contributed by atoms with Crippen LogP contribution >= 0.6 is 0 Å². The lowest BCUT2D eigenvalue weighted by Gasteiger charge is -2.13. The third-order valence-electron chi connectivity index (χ3n) is 5.84. The molecule has 0 aliphatic rings. The summed E-state index contributed by atoms with van der Waals surface area (Å²) in [5.41, 5.74) is 2.23. The van der Waals surface area contributed by atoms with Gasteiger partial charge in [-0.05, 0) is 66.9 Å². The summed E-state index contributed by atoms with van der Waals surface area (Å²) in [4.78, 5) is 16.2. The van der Waals surface area contributed by atoms with Crippen molar-refractivity contribution in [2.45, 2.75) is 25.4 Å². The number of carbonyl (C=O) groups excluding carboxylic acids is 1. The van der Waals surface area contributed by atoms with Crippen molar-refractivity contribution in [3.05, 3.63) is 72.1 Å². The van der Waals surface area contributed by atoms with Crippen molar-refractivity contribution in [3.8, 4) is 22.9 Å². The topological polar surface area (TPSA) is 74.6 Å². The maximum absolute atomic E-state index is 13.7. The van der Waals surface area contributed by atoms with Crippen LogP contribution in [0, 0.1) is 0 Å². The smallest absolute Gasteiger partial charge is 0.450 e. The zero-order valence-electron chi connectivity index (χ0n) is 20.6. The number of anilines is 1. The molecule has 1 aromatic heterocycles. The largest absolute Gasteiger partial charge is 0.497 e. The van der Waals surface area contributed by atoms with Gasteiger partial charge in [0, 0.05) is 23.9 Å². The summed E-state index contributed by atoms with van der Waals surface area (Å²) < 4.78 is 57.9. The van der Waals surface area contributed by atoms with E-state index in [2.05, 4.69) is 10.3 Å². The summed E-state index contributed by atoms with van der Waals surface area (Å²) in [6, 6.07) is 16.3. The summed E-state index contributed by atoms with van der Waals surface area (Å²) in [6.45, 7) is 0. The second-order valence-corrected chi connectivity index (χ2v) is 8.26. The first kappa shape index (κ1) is 25.9. The Morgan fingerprint density at radius 1 is 0.919 bits per heavy atom. The molecule has 194 valence electrons. The fourth-order valence-electron chi connectivity index (χ4n) is 4.05. The van der Waals surface area contributed by atoms with E-state index in [1.165, 1.54) is 31.4 Å². The first-order chi connectivity index (χ1) is 17.7. The molecule has 37 heavy (non-hydrogen) atoms. The lowest BCUT2D eigenvalue weighted by Crippen LogP contribution is -2.14. The number of carbonyl (C=O) groups is 1. The zero-order chi connectivity index (χ0) is 26.6. The summed E-state index contributed by atoms with van der Waals surface area (Å²) in [6.07, 6.45) is -3.10. The number of halogens is 3. The quantitative estimate of drug-likeness (QED) is 0.296. The maximum atomic E-state index is 13.7. The van der Waals surface area contributed by atoms with Gasteiger partial charge in [-0.2, -0.15) is 13.2 Å². The number of aryl methyl sites for hydroxylation is 1. The highest BCUT2D eigenvalue weighted by atomic mass is 19.4. The summed E-state index contributed by atoms with van der Waals surface area (Å²) in [5.74, 6) is 0.448. The van der Waals surface area contributed by atoms with E-state index < -0.39 is 12.0 Å². The number of hydrogen-bond acceptors (Lipinski definition) is 5. The van der Waals surface area contributed by atoms with E-state index >= 15 is 0 Å². The Morgan fingerprint density at radius 2 is 1.65 bits per heavy atom. The van der Waals surface area contributed by atoms with E-state index in [1.54, 1.807) is 32.4 Å². The van der Waals surface area contributed by atoms with E-state index in [1.807, 2.05) is 18.2 Å². The minimum atomic E-state index is -4.66. The minimum Gasteiger partial charge on any atom is -0.497 e. The Labute approximate surface area is 211 Å². The fraction of sp³-hybridized carbons (Fsp3) is 0.259. The number of fused-ring (bicyclic) bond motifs is 1. The highest BCUT2D eigenvalue weighted by Gasteiger charge is 2.38. The number of rotatable bonds is 9. The zero-order valence-corrected chi connectivity index (χ0v) is 20.6. The van der Waals surface area contributed by atoms with E-state index in [4.69, 9.17) is 14.2 Å². The summed E-state index contributed by atoms with van der Waals surface area (Å²) in [7, 11) is 4.57. The summed E-state index contributed by atoms with van der Waals surface area (Å²) in [5, 5.41) is 2.79. The molecule has 4 rings (SSSR count). The van der Waals surface area contributed by atoms with Crippen LogP contribution in [0.1, 0.15) is 24.2 Å². The normalized spacial score (nSPS) is 11.4. The van der Waals surface area contributed by atoms with Crippen LogP contribution in [0.4, 0.5) is 18.9 Å². The van der Waals surface area contributed by atoms with E-state index in [0.29, 0.717) is 41.3 Å². The van der Waals surface area contributed by atoms with Crippen LogP contribution in [0.25, 0.3) is 16.7 Å². The van der Waals surface area contributed by atoms with Crippen molar-refractivity contribution in [1.29, 1.82) is 0 Å². The van der Waals surface area contributed by atoms with Crippen LogP contribution < -0.4 is 19.5 Å². The molecule has 0 unspecified atom stereocenters. The van der Waals surface area contributed by atoms with E-state index in [0.717, 1.165) is 10.1 Å². The van der Waals surface area contributed by atoms with Crippen LogP contribution in [-0.2, 0) is 17.4 Å². The molecule has 1 N–H and O–H groups in total. The van der Waals surface area contributed by atoms with Gasteiger partial charge in [-0.1, -0.05) is 6.07 Å². The Morgan fingerprint density at radius 3 is 2.30 bits per heavy atom. The number of amides is 1. The molecule has 0 spiro atoms. The number of nitrogens with one attached hydrogen (secondary N) is 1. The Balaban J connectivity index is 1.44. The second kappa shape index (κ2) is 10.8. The molecule has 0 fully saturated rings. The van der Waals surface area contributed by atoms with Gasteiger partial charge in [0.15, 0.2) is 11.5 Å². The first-order valence-electron chi connectivity index (χ1n) is 11.5. The number of methoxy groups -OCH3 is 3. The number of benzene rings is 3. The number of hydrogen-bond donors (Lipinski definition) is 1. The Bertz CT molecular complexity index is 1400. The molecular weight excluding hydrogens is 487 g/mol. The van der Waals surface area contributed by atoms with E-state index in [9.17, 15) is 18.0 Å². The van der Waals surface area contributed by atoms with Gasteiger partial charge in [-0.15, -0.1) is 0 Å². The molecule has 1 amide bonds. The molecule has 0 aliphatic carbocycles. The average molecular weight is 514 g/mol. The number of ether oxygens (including phenoxy) is 3. The SMILES string of the molecule is COc1ccc2c(c1)nc(C(F)(F)F)n2-c1ccc(NC(=O)CCCc2ccc(OC)c(OC)c2)cc1. The molecule has 0 saturated heterocycles. The van der Waals surface area contributed by atoms with Crippen LogP contribution in [0.2, 0.25) is 0 Å². The molecule has 0 bridgehead atoms. The average Bonchev–Trinajstić information content (AvgIpc) is 3.28. The van der Waals surface area contributed by atoms with Crippen molar-refractivity contribution < 1.29 is 32.2 Å². The third kappa shape index (κ3) is 5.79. The van der Waals surface area contributed by atoms with Gasteiger partial charge in [0.2, 0.25) is 11.7 Å². The molecule has 3 aromatic carbocycles. The predicted molar refractivity (Wildman–Crippen MR) is 134 cm³/mol.